The second kappa shape index (κ2) is 11.0. The minimum Gasteiger partial charge on any atom is -0.376 e. The van der Waals surface area contributed by atoms with E-state index < -0.39 is 0 Å². The van der Waals surface area contributed by atoms with Gasteiger partial charge in [0.05, 0.1) is 0 Å². The maximum atomic E-state index is 3.64. The molecule has 1 radical (unpaired) electrons. The largest absolute Gasteiger partial charge is 0.376 e. The van der Waals surface area contributed by atoms with E-state index in [1.807, 2.05) is 13.8 Å². The van der Waals surface area contributed by atoms with Crippen LogP contribution in [0, 0.1) is 6.20 Å². The van der Waals surface area contributed by atoms with Crippen molar-refractivity contribution >= 4 is 0 Å². The van der Waals surface area contributed by atoms with Gasteiger partial charge in [-0.1, -0.05) is 26.2 Å². The van der Waals surface area contributed by atoms with Crippen LogP contribution in [-0.4, -0.2) is 9.97 Å². The van der Waals surface area contributed by atoms with E-state index in [9.17, 15) is 0 Å². The van der Waals surface area contributed by atoms with E-state index >= 15 is 0 Å². The SMILES string of the molecule is CC.[Y].[c-]1ccncn1. The van der Waals surface area contributed by atoms with E-state index in [4.69, 9.17) is 0 Å². The third kappa shape index (κ3) is 8.18. The molecule has 0 bridgehead atoms. The molecule has 0 atom stereocenters. The molecule has 0 saturated heterocycles. The van der Waals surface area contributed by atoms with Crippen molar-refractivity contribution in [1.82, 2.24) is 9.97 Å². The molecule has 1 aromatic rings. The summed E-state index contributed by atoms with van der Waals surface area (Å²) < 4.78 is 0. The zero-order chi connectivity index (χ0) is 6.24. The molecule has 1 aromatic heterocycles. The van der Waals surface area contributed by atoms with Gasteiger partial charge in [-0.25, -0.2) is 0 Å². The van der Waals surface area contributed by atoms with E-state index in [2.05, 4.69) is 16.2 Å². The summed E-state index contributed by atoms with van der Waals surface area (Å²) in [5.41, 5.74) is 0. The summed E-state index contributed by atoms with van der Waals surface area (Å²) in [5.74, 6) is 0. The molecular weight excluding hydrogens is 189 g/mol. The van der Waals surface area contributed by atoms with Gasteiger partial charge in [0.2, 0.25) is 0 Å². The van der Waals surface area contributed by atoms with E-state index in [0.29, 0.717) is 0 Å². The van der Waals surface area contributed by atoms with Crippen LogP contribution < -0.4 is 0 Å². The van der Waals surface area contributed by atoms with E-state index in [0.717, 1.165) is 0 Å². The van der Waals surface area contributed by atoms with Crippen LogP contribution in [-0.2, 0) is 32.7 Å². The van der Waals surface area contributed by atoms with Crippen LogP contribution in [0.2, 0.25) is 0 Å². The number of aromatic nitrogens is 2. The summed E-state index contributed by atoms with van der Waals surface area (Å²) in [7, 11) is 0. The molecule has 47 valence electrons. The van der Waals surface area contributed by atoms with Gasteiger partial charge in [0.1, 0.15) is 0 Å². The van der Waals surface area contributed by atoms with Crippen molar-refractivity contribution in [1.29, 1.82) is 0 Å². The number of hydrogen-bond acceptors (Lipinski definition) is 2. The average molecular weight is 198 g/mol. The molecule has 0 fully saturated rings. The molecule has 0 aromatic carbocycles. The van der Waals surface area contributed by atoms with Gasteiger partial charge in [-0.15, -0.1) is 6.07 Å². The Balaban J connectivity index is 0. The zero-order valence-electron chi connectivity index (χ0n) is 5.70. The van der Waals surface area contributed by atoms with E-state index in [-0.39, 0.29) is 32.7 Å². The van der Waals surface area contributed by atoms with Crippen LogP contribution >= 0.6 is 0 Å². The first kappa shape index (κ1) is 11.9. The molecule has 0 unspecified atom stereocenters. The summed E-state index contributed by atoms with van der Waals surface area (Å²) in [4.78, 5) is 7.19. The summed E-state index contributed by atoms with van der Waals surface area (Å²) in [6.45, 7) is 4.00. The Morgan fingerprint density at radius 1 is 1.33 bits per heavy atom. The quantitative estimate of drug-likeness (QED) is 0.587. The molecule has 1 heterocycles. The Morgan fingerprint density at radius 3 is 2.11 bits per heavy atom. The maximum Gasteiger partial charge on any atom is 0 e. The summed E-state index contributed by atoms with van der Waals surface area (Å²) in [6.07, 6.45) is 5.66. The second-order valence-corrected chi connectivity index (χ2v) is 0.838. The number of hydrogen-bond donors (Lipinski definition) is 0. The van der Waals surface area contributed by atoms with Crippen molar-refractivity contribution in [3.05, 3.63) is 24.8 Å². The Labute approximate surface area is 81.0 Å². The van der Waals surface area contributed by atoms with Crippen LogP contribution in [0.1, 0.15) is 13.8 Å². The molecule has 1 rings (SSSR count). The normalized spacial score (nSPS) is 6.00. The summed E-state index contributed by atoms with van der Waals surface area (Å²) in [6, 6.07) is 1.65. The van der Waals surface area contributed by atoms with Gasteiger partial charge in [0.25, 0.3) is 0 Å². The standard InChI is InChI=1S/C4H3N2.C2H6.Y/c1-2-5-4-6-3-1;1-2;/h1-2,4H;1-2H3;/q-1;;. The molecule has 3 heteroatoms. The first-order chi connectivity index (χ1) is 4.00. The average Bonchev–Trinajstić information content (AvgIpc) is 1.96. The molecule has 0 aliphatic rings. The third-order valence-corrected chi connectivity index (χ3v) is 0.434. The molecule has 0 aliphatic carbocycles. The smallest absolute Gasteiger partial charge is 0 e. The molecule has 0 N–H and O–H groups in total. The molecule has 0 saturated carbocycles. The van der Waals surface area contributed by atoms with Crippen molar-refractivity contribution in [2.24, 2.45) is 0 Å². The van der Waals surface area contributed by atoms with Crippen LogP contribution in [0.3, 0.4) is 0 Å². The Hall–Kier alpha value is 0.184. The molecule has 9 heavy (non-hydrogen) atoms. The topological polar surface area (TPSA) is 25.8 Å². The number of rotatable bonds is 0. The number of nitrogens with zero attached hydrogens (tertiary/aromatic N) is 2. The second-order valence-electron chi connectivity index (χ2n) is 0.838. The van der Waals surface area contributed by atoms with Crippen LogP contribution in [0.4, 0.5) is 0 Å². The Bertz CT molecular complexity index is 83.0. The Morgan fingerprint density at radius 2 is 2.00 bits per heavy atom. The summed E-state index contributed by atoms with van der Waals surface area (Å²) >= 11 is 0. The van der Waals surface area contributed by atoms with Gasteiger partial charge in [-0.05, 0) is 6.33 Å². The van der Waals surface area contributed by atoms with E-state index in [1.54, 1.807) is 12.3 Å². The van der Waals surface area contributed by atoms with E-state index in [1.165, 1.54) is 6.33 Å². The minimum absolute atomic E-state index is 0. The predicted octanol–water partition coefficient (Wildman–Crippen LogP) is 1.30. The van der Waals surface area contributed by atoms with Gasteiger partial charge in [0.15, 0.2) is 0 Å². The first-order valence-corrected chi connectivity index (χ1v) is 2.62. The molecule has 0 spiro atoms. The summed E-state index contributed by atoms with van der Waals surface area (Å²) in [5, 5.41) is 0. The van der Waals surface area contributed by atoms with Crippen molar-refractivity contribution in [3.63, 3.8) is 0 Å². The molecule has 0 aliphatic heterocycles. The third-order valence-electron chi connectivity index (χ3n) is 0.434. The van der Waals surface area contributed by atoms with Gasteiger partial charge in [-0.2, -0.15) is 0 Å². The van der Waals surface area contributed by atoms with Crippen LogP contribution in [0.5, 0.6) is 0 Å². The van der Waals surface area contributed by atoms with Gasteiger partial charge >= 0.3 is 0 Å². The van der Waals surface area contributed by atoms with Crippen LogP contribution in [0.15, 0.2) is 18.6 Å². The van der Waals surface area contributed by atoms with Gasteiger partial charge in [-0.3, -0.25) is 0 Å². The fraction of sp³-hybridized carbons (Fsp3) is 0.333. The van der Waals surface area contributed by atoms with Gasteiger partial charge in [0, 0.05) is 32.7 Å². The maximum absolute atomic E-state index is 3.64. The fourth-order valence-corrected chi connectivity index (χ4v) is 0.225. The predicted molar refractivity (Wildman–Crippen MR) is 32.2 cm³/mol. The van der Waals surface area contributed by atoms with Crippen molar-refractivity contribution < 1.29 is 32.7 Å². The van der Waals surface area contributed by atoms with Crippen LogP contribution in [0.25, 0.3) is 0 Å². The molecular formula is C6H9N2Y-. The fourth-order valence-electron chi connectivity index (χ4n) is 0.225. The van der Waals surface area contributed by atoms with Gasteiger partial charge < -0.3 is 9.97 Å². The first-order valence-electron chi connectivity index (χ1n) is 2.62. The van der Waals surface area contributed by atoms with Crippen molar-refractivity contribution in [3.8, 4) is 0 Å². The zero-order valence-corrected chi connectivity index (χ0v) is 8.54. The minimum atomic E-state index is 0. The molecule has 2 nitrogen and oxygen atoms in total. The Kier molecular flexibility index (Phi) is 14.6. The van der Waals surface area contributed by atoms with Crippen molar-refractivity contribution in [2.75, 3.05) is 0 Å². The molecule has 0 amide bonds. The monoisotopic (exact) mass is 198 g/mol. The van der Waals surface area contributed by atoms with Crippen molar-refractivity contribution in [2.45, 2.75) is 13.8 Å².